The van der Waals surface area contributed by atoms with Crippen molar-refractivity contribution in [2.75, 3.05) is 7.05 Å². The largest absolute Gasteiger partial charge is 0.480 e. The topological polar surface area (TPSA) is 69.6 Å². The average Bonchev–Trinajstić information content (AvgIpc) is 2.26. The molecule has 0 aliphatic carbocycles. The molecule has 5 nitrogen and oxygen atoms in total. The van der Waals surface area contributed by atoms with Crippen LogP contribution in [-0.4, -0.2) is 40.6 Å². The number of aliphatic carboxylic acids is 1. The Labute approximate surface area is 116 Å². The van der Waals surface area contributed by atoms with E-state index in [4.69, 9.17) is 0 Å². The number of hydrogen-bond donors (Lipinski definition) is 2. The van der Waals surface area contributed by atoms with E-state index in [0.29, 0.717) is 18.8 Å². The summed E-state index contributed by atoms with van der Waals surface area (Å²) in [6.07, 6.45) is 2.01. The van der Waals surface area contributed by atoms with Crippen LogP contribution in [0.25, 0.3) is 0 Å². The summed E-state index contributed by atoms with van der Waals surface area (Å²) in [7, 11) is 1.70. The minimum atomic E-state index is -1.20. The Bertz CT molecular complexity index is 318. The molecule has 2 N–H and O–H groups in total. The maximum atomic E-state index is 12.1. The summed E-state index contributed by atoms with van der Waals surface area (Å²) < 4.78 is 0. The van der Waals surface area contributed by atoms with Gasteiger partial charge in [0.15, 0.2) is 0 Å². The summed E-state index contributed by atoms with van der Waals surface area (Å²) in [6.45, 7) is 9.62. The first-order valence-corrected chi connectivity index (χ1v) is 6.92. The molecule has 0 bridgehead atoms. The van der Waals surface area contributed by atoms with Crippen molar-refractivity contribution in [3.8, 4) is 0 Å². The molecule has 0 saturated heterocycles. The Kier molecular flexibility index (Phi) is 6.87. The summed E-state index contributed by atoms with van der Waals surface area (Å²) in [4.78, 5) is 25.0. The van der Waals surface area contributed by atoms with Gasteiger partial charge in [0.25, 0.3) is 0 Å². The zero-order valence-electron chi connectivity index (χ0n) is 13.0. The molecule has 0 rings (SSSR count). The fourth-order valence-electron chi connectivity index (χ4n) is 2.09. The lowest BCUT2D eigenvalue weighted by Gasteiger charge is -2.32. The van der Waals surface area contributed by atoms with Gasteiger partial charge in [-0.15, -0.1) is 0 Å². The van der Waals surface area contributed by atoms with Crippen LogP contribution < -0.4 is 5.32 Å². The number of urea groups is 1. The number of nitrogens with one attached hydrogen (secondary N) is 1. The molecule has 0 radical (unpaired) electrons. The highest BCUT2D eigenvalue weighted by molar-refractivity contribution is 5.85. The maximum Gasteiger partial charge on any atom is 0.329 e. The Morgan fingerprint density at radius 1 is 1.32 bits per heavy atom. The second kappa shape index (κ2) is 7.36. The summed E-state index contributed by atoms with van der Waals surface area (Å²) in [6, 6.07) is -0.244. The summed E-state index contributed by atoms with van der Waals surface area (Å²) in [5.41, 5.74) is -1.20. The van der Waals surface area contributed by atoms with Crippen molar-refractivity contribution in [1.29, 1.82) is 0 Å². The van der Waals surface area contributed by atoms with Crippen LogP contribution in [0.4, 0.5) is 4.79 Å². The first-order valence-electron chi connectivity index (χ1n) is 6.92. The molecule has 112 valence electrons. The minimum Gasteiger partial charge on any atom is -0.480 e. The number of carbonyl (C=O) groups is 2. The molecule has 0 spiro atoms. The summed E-state index contributed by atoms with van der Waals surface area (Å²) in [5, 5.41) is 11.9. The fraction of sp³-hybridized carbons (Fsp3) is 0.857. The van der Waals surface area contributed by atoms with Gasteiger partial charge in [-0.2, -0.15) is 0 Å². The van der Waals surface area contributed by atoms with Gasteiger partial charge in [-0.25, -0.2) is 9.59 Å². The molecule has 19 heavy (non-hydrogen) atoms. The van der Waals surface area contributed by atoms with Crippen molar-refractivity contribution < 1.29 is 14.7 Å². The Morgan fingerprint density at radius 3 is 2.21 bits per heavy atom. The number of hydrogen-bond acceptors (Lipinski definition) is 2. The lowest BCUT2D eigenvalue weighted by Crippen LogP contribution is -2.56. The number of amides is 2. The van der Waals surface area contributed by atoms with E-state index in [0.717, 1.165) is 6.42 Å². The molecule has 5 heteroatoms. The summed E-state index contributed by atoms with van der Waals surface area (Å²) in [5.74, 6) is -0.501. The van der Waals surface area contributed by atoms with E-state index in [1.165, 1.54) is 0 Å². The summed E-state index contributed by atoms with van der Waals surface area (Å²) >= 11 is 0. The lowest BCUT2D eigenvalue weighted by molar-refractivity contribution is -0.144. The van der Waals surface area contributed by atoms with Gasteiger partial charge in [0.05, 0.1) is 0 Å². The van der Waals surface area contributed by atoms with Gasteiger partial charge in [-0.1, -0.05) is 27.2 Å². The van der Waals surface area contributed by atoms with E-state index in [1.807, 2.05) is 13.8 Å². The molecule has 0 aromatic carbocycles. The molecule has 0 aliphatic heterocycles. The van der Waals surface area contributed by atoms with Gasteiger partial charge in [0, 0.05) is 13.1 Å². The van der Waals surface area contributed by atoms with E-state index < -0.39 is 11.5 Å². The third kappa shape index (κ3) is 5.49. The van der Waals surface area contributed by atoms with Crippen molar-refractivity contribution in [1.82, 2.24) is 10.2 Å². The number of carbonyl (C=O) groups excluding carboxylic acids is 1. The maximum absolute atomic E-state index is 12.1. The van der Waals surface area contributed by atoms with Crippen LogP contribution in [0.5, 0.6) is 0 Å². The van der Waals surface area contributed by atoms with Crippen LogP contribution in [0, 0.1) is 5.92 Å². The number of carboxylic acids is 1. The smallest absolute Gasteiger partial charge is 0.329 e. The minimum absolute atomic E-state index is 0.0830. The van der Waals surface area contributed by atoms with E-state index in [-0.39, 0.29) is 12.1 Å². The molecular weight excluding hydrogens is 244 g/mol. The molecule has 0 saturated carbocycles. The quantitative estimate of drug-likeness (QED) is 0.748. The molecular formula is C14H28N2O3. The van der Waals surface area contributed by atoms with Crippen molar-refractivity contribution in [2.24, 2.45) is 5.92 Å². The van der Waals surface area contributed by atoms with Crippen LogP contribution in [-0.2, 0) is 4.79 Å². The van der Waals surface area contributed by atoms with Crippen LogP contribution >= 0.6 is 0 Å². The Hall–Kier alpha value is -1.26. The SMILES string of the molecule is CCCC(C)(NC(=O)N(C)C(C)CC(C)C)C(=O)O. The second-order valence-corrected chi connectivity index (χ2v) is 5.91. The average molecular weight is 272 g/mol. The predicted octanol–water partition coefficient (Wildman–Crippen LogP) is 2.71. The van der Waals surface area contributed by atoms with E-state index in [9.17, 15) is 14.7 Å². The molecule has 0 aliphatic rings. The highest BCUT2D eigenvalue weighted by Gasteiger charge is 2.35. The van der Waals surface area contributed by atoms with Crippen molar-refractivity contribution in [2.45, 2.75) is 65.5 Å². The number of nitrogens with zero attached hydrogens (tertiary/aromatic N) is 1. The van der Waals surface area contributed by atoms with Crippen LogP contribution in [0.2, 0.25) is 0 Å². The van der Waals surface area contributed by atoms with Gasteiger partial charge in [-0.05, 0) is 32.6 Å². The number of carboxylic acid groups (broad SMARTS) is 1. The van der Waals surface area contributed by atoms with Gasteiger partial charge < -0.3 is 15.3 Å². The first kappa shape index (κ1) is 17.7. The van der Waals surface area contributed by atoms with Gasteiger partial charge in [0.2, 0.25) is 0 Å². The van der Waals surface area contributed by atoms with Crippen LogP contribution in [0.15, 0.2) is 0 Å². The molecule has 0 aromatic heterocycles. The highest BCUT2D eigenvalue weighted by Crippen LogP contribution is 2.15. The molecule has 2 amide bonds. The Morgan fingerprint density at radius 2 is 1.84 bits per heavy atom. The molecule has 0 fully saturated rings. The monoisotopic (exact) mass is 272 g/mol. The zero-order valence-corrected chi connectivity index (χ0v) is 13.0. The van der Waals surface area contributed by atoms with Crippen molar-refractivity contribution in [3.63, 3.8) is 0 Å². The molecule has 2 atom stereocenters. The normalized spacial score (nSPS) is 15.7. The molecule has 2 unspecified atom stereocenters. The molecule has 0 heterocycles. The second-order valence-electron chi connectivity index (χ2n) is 5.91. The van der Waals surface area contributed by atoms with Crippen LogP contribution in [0.1, 0.15) is 53.9 Å². The van der Waals surface area contributed by atoms with Gasteiger partial charge >= 0.3 is 12.0 Å². The van der Waals surface area contributed by atoms with Crippen molar-refractivity contribution in [3.05, 3.63) is 0 Å². The zero-order chi connectivity index (χ0) is 15.2. The lowest BCUT2D eigenvalue weighted by atomic mass is 9.96. The molecule has 0 aromatic rings. The van der Waals surface area contributed by atoms with Crippen LogP contribution in [0.3, 0.4) is 0 Å². The van der Waals surface area contributed by atoms with E-state index >= 15 is 0 Å². The third-order valence-corrected chi connectivity index (χ3v) is 3.40. The third-order valence-electron chi connectivity index (χ3n) is 3.40. The fourth-order valence-corrected chi connectivity index (χ4v) is 2.09. The Balaban J connectivity index is 4.69. The van der Waals surface area contributed by atoms with E-state index in [2.05, 4.69) is 19.2 Å². The number of rotatable bonds is 7. The predicted molar refractivity (Wildman–Crippen MR) is 76.2 cm³/mol. The van der Waals surface area contributed by atoms with Gasteiger partial charge in [-0.3, -0.25) is 0 Å². The first-order chi connectivity index (χ1) is 8.64. The highest BCUT2D eigenvalue weighted by atomic mass is 16.4. The van der Waals surface area contributed by atoms with Gasteiger partial charge in [0.1, 0.15) is 5.54 Å². The van der Waals surface area contributed by atoms with E-state index in [1.54, 1.807) is 18.9 Å². The van der Waals surface area contributed by atoms with Crippen molar-refractivity contribution >= 4 is 12.0 Å². The standard InChI is InChI=1S/C14H28N2O3/c1-7-8-14(5,12(17)18)15-13(19)16(6)11(4)9-10(2)3/h10-11H,7-9H2,1-6H3,(H,15,19)(H,17,18).